The number of benzene rings is 1. The average molecular weight is 289 g/mol. The van der Waals surface area contributed by atoms with E-state index in [9.17, 15) is 4.79 Å². The zero-order valence-electron chi connectivity index (χ0n) is 12.6. The van der Waals surface area contributed by atoms with Crippen molar-refractivity contribution in [1.82, 2.24) is 10.2 Å². The highest BCUT2D eigenvalue weighted by molar-refractivity contribution is 5.94. The number of amides is 1. The number of aromatic nitrogens is 2. The third-order valence-electron chi connectivity index (χ3n) is 3.30. The maximum atomic E-state index is 12.2. The van der Waals surface area contributed by atoms with Crippen LogP contribution in [0.3, 0.4) is 0 Å². The van der Waals surface area contributed by atoms with Gasteiger partial charge in [0.2, 0.25) is 5.91 Å². The Kier molecular flexibility index (Phi) is 4.47. The number of aryl methyl sites for hydroxylation is 2. The van der Waals surface area contributed by atoms with Crippen LogP contribution in [-0.2, 0) is 11.2 Å². The number of rotatable bonds is 5. The van der Waals surface area contributed by atoms with E-state index < -0.39 is 0 Å². The van der Waals surface area contributed by atoms with E-state index in [4.69, 9.17) is 9.47 Å². The summed E-state index contributed by atoms with van der Waals surface area (Å²) in [5, 5.41) is 9.80. The number of carbonyl (C=O) groups is 1. The van der Waals surface area contributed by atoms with Gasteiger partial charge in [0, 0.05) is 17.3 Å². The van der Waals surface area contributed by atoms with Gasteiger partial charge in [0.15, 0.2) is 0 Å². The Bertz CT molecular complexity index is 630. The zero-order chi connectivity index (χ0) is 15.4. The molecule has 0 unspecified atom stereocenters. The fourth-order valence-corrected chi connectivity index (χ4v) is 2.09. The summed E-state index contributed by atoms with van der Waals surface area (Å²) in [7, 11) is 3.13. The van der Waals surface area contributed by atoms with Gasteiger partial charge in [-0.05, 0) is 26.0 Å². The molecule has 1 aromatic heterocycles. The third-order valence-corrected chi connectivity index (χ3v) is 3.30. The quantitative estimate of drug-likeness (QED) is 0.885. The first kappa shape index (κ1) is 14.9. The molecule has 2 rings (SSSR count). The van der Waals surface area contributed by atoms with Gasteiger partial charge in [-0.15, -0.1) is 0 Å². The van der Waals surface area contributed by atoms with Crippen LogP contribution in [0.25, 0.3) is 0 Å². The molecular weight excluding hydrogens is 270 g/mol. The normalized spacial score (nSPS) is 10.3. The Balaban J connectivity index is 2.13. The van der Waals surface area contributed by atoms with Crippen molar-refractivity contribution < 1.29 is 14.3 Å². The minimum Gasteiger partial charge on any atom is -0.497 e. The Morgan fingerprint density at radius 3 is 2.62 bits per heavy atom. The molecule has 2 aromatic rings. The number of methoxy groups -OCH3 is 2. The Hall–Kier alpha value is -2.50. The van der Waals surface area contributed by atoms with E-state index in [0.717, 1.165) is 17.0 Å². The molecule has 0 bridgehead atoms. The molecule has 0 radical (unpaired) electrons. The van der Waals surface area contributed by atoms with E-state index >= 15 is 0 Å². The summed E-state index contributed by atoms with van der Waals surface area (Å²) in [5.74, 6) is 1.11. The zero-order valence-corrected chi connectivity index (χ0v) is 12.6. The smallest absolute Gasteiger partial charge is 0.229 e. The van der Waals surface area contributed by atoms with Crippen molar-refractivity contribution in [2.75, 3.05) is 19.5 Å². The Labute approximate surface area is 123 Å². The molecule has 0 aliphatic carbocycles. The van der Waals surface area contributed by atoms with Gasteiger partial charge < -0.3 is 14.8 Å². The molecule has 6 heteroatoms. The lowest BCUT2D eigenvalue weighted by Crippen LogP contribution is -2.15. The molecule has 1 amide bonds. The first-order chi connectivity index (χ1) is 10.0. The van der Waals surface area contributed by atoms with Gasteiger partial charge >= 0.3 is 0 Å². The van der Waals surface area contributed by atoms with Crippen LogP contribution in [0.4, 0.5) is 5.69 Å². The number of aromatic amines is 1. The second-order valence-electron chi connectivity index (χ2n) is 4.70. The van der Waals surface area contributed by atoms with Crippen LogP contribution in [-0.4, -0.2) is 30.3 Å². The lowest BCUT2D eigenvalue weighted by molar-refractivity contribution is -0.115. The van der Waals surface area contributed by atoms with Crippen LogP contribution in [0.2, 0.25) is 0 Å². The Morgan fingerprint density at radius 2 is 2.05 bits per heavy atom. The molecule has 0 spiro atoms. The monoisotopic (exact) mass is 289 g/mol. The summed E-state index contributed by atoms with van der Waals surface area (Å²) >= 11 is 0. The number of nitrogens with zero attached hydrogens (tertiary/aromatic N) is 1. The summed E-state index contributed by atoms with van der Waals surface area (Å²) in [6, 6.07) is 5.25. The fraction of sp³-hybridized carbons (Fsp3) is 0.333. The first-order valence-corrected chi connectivity index (χ1v) is 6.57. The number of hydrogen-bond donors (Lipinski definition) is 2. The van der Waals surface area contributed by atoms with Crippen molar-refractivity contribution in [3.8, 4) is 11.5 Å². The van der Waals surface area contributed by atoms with E-state index in [0.29, 0.717) is 17.2 Å². The summed E-state index contributed by atoms with van der Waals surface area (Å²) in [4.78, 5) is 12.2. The van der Waals surface area contributed by atoms with Crippen LogP contribution < -0.4 is 14.8 Å². The molecule has 0 saturated heterocycles. The van der Waals surface area contributed by atoms with Crippen molar-refractivity contribution in [3.63, 3.8) is 0 Å². The van der Waals surface area contributed by atoms with Crippen molar-refractivity contribution in [2.45, 2.75) is 20.3 Å². The van der Waals surface area contributed by atoms with Gasteiger partial charge in [-0.1, -0.05) is 0 Å². The summed E-state index contributed by atoms with van der Waals surface area (Å²) < 4.78 is 10.4. The second-order valence-corrected chi connectivity index (χ2v) is 4.70. The maximum absolute atomic E-state index is 12.2. The molecule has 1 heterocycles. The number of ether oxygens (including phenoxy) is 2. The van der Waals surface area contributed by atoms with Gasteiger partial charge in [-0.25, -0.2) is 0 Å². The lowest BCUT2D eigenvalue weighted by atomic mass is 10.1. The topological polar surface area (TPSA) is 76.2 Å². The molecule has 112 valence electrons. The molecule has 21 heavy (non-hydrogen) atoms. The van der Waals surface area contributed by atoms with Crippen molar-refractivity contribution in [2.24, 2.45) is 0 Å². The standard InChI is InChI=1S/C15H19N3O3/c1-9-12(10(2)18-17-9)8-15(19)16-13-6-5-11(20-3)7-14(13)21-4/h5-7H,8H2,1-4H3,(H,16,19)(H,17,18). The highest BCUT2D eigenvalue weighted by atomic mass is 16.5. The molecule has 0 fully saturated rings. The molecule has 0 aliphatic rings. The van der Waals surface area contributed by atoms with E-state index in [2.05, 4.69) is 15.5 Å². The van der Waals surface area contributed by atoms with Gasteiger partial charge in [-0.2, -0.15) is 5.10 Å². The number of hydrogen-bond acceptors (Lipinski definition) is 4. The number of H-pyrrole nitrogens is 1. The molecule has 0 aliphatic heterocycles. The molecule has 0 atom stereocenters. The van der Waals surface area contributed by atoms with E-state index in [1.807, 2.05) is 13.8 Å². The van der Waals surface area contributed by atoms with Crippen molar-refractivity contribution in [3.05, 3.63) is 35.2 Å². The van der Waals surface area contributed by atoms with E-state index in [-0.39, 0.29) is 12.3 Å². The van der Waals surface area contributed by atoms with Crippen LogP contribution in [0.5, 0.6) is 11.5 Å². The van der Waals surface area contributed by atoms with Crippen molar-refractivity contribution in [1.29, 1.82) is 0 Å². The SMILES string of the molecule is COc1ccc(NC(=O)Cc2c(C)n[nH]c2C)c(OC)c1. The first-order valence-electron chi connectivity index (χ1n) is 6.57. The van der Waals surface area contributed by atoms with Gasteiger partial charge in [0.25, 0.3) is 0 Å². The molecule has 2 N–H and O–H groups in total. The Morgan fingerprint density at radius 1 is 1.29 bits per heavy atom. The predicted octanol–water partition coefficient (Wildman–Crippen LogP) is 2.22. The van der Waals surface area contributed by atoms with Crippen LogP contribution in [0.15, 0.2) is 18.2 Å². The molecule has 1 aromatic carbocycles. The van der Waals surface area contributed by atoms with Crippen molar-refractivity contribution >= 4 is 11.6 Å². The predicted molar refractivity (Wildman–Crippen MR) is 79.9 cm³/mol. The summed E-state index contributed by atoms with van der Waals surface area (Å²) in [6.07, 6.45) is 0.267. The third kappa shape index (κ3) is 3.34. The van der Waals surface area contributed by atoms with Gasteiger partial charge in [0.1, 0.15) is 11.5 Å². The number of carbonyl (C=O) groups excluding carboxylic acids is 1. The number of nitrogens with one attached hydrogen (secondary N) is 2. The maximum Gasteiger partial charge on any atom is 0.229 e. The minimum atomic E-state index is -0.119. The summed E-state index contributed by atoms with van der Waals surface area (Å²) in [6.45, 7) is 3.77. The van der Waals surface area contributed by atoms with E-state index in [1.54, 1.807) is 32.4 Å². The van der Waals surface area contributed by atoms with E-state index in [1.165, 1.54) is 0 Å². The largest absolute Gasteiger partial charge is 0.497 e. The number of anilines is 1. The van der Waals surface area contributed by atoms with Gasteiger partial charge in [0.05, 0.1) is 32.0 Å². The van der Waals surface area contributed by atoms with Crippen LogP contribution >= 0.6 is 0 Å². The molecule has 0 saturated carbocycles. The minimum absolute atomic E-state index is 0.119. The average Bonchev–Trinajstić information content (AvgIpc) is 2.79. The van der Waals surface area contributed by atoms with Crippen LogP contribution in [0, 0.1) is 13.8 Å². The second kappa shape index (κ2) is 6.30. The van der Waals surface area contributed by atoms with Crippen LogP contribution in [0.1, 0.15) is 17.0 Å². The summed E-state index contributed by atoms with van der Waals surface area (Å²) in [5.41, 5.74) is 3.27. The molecular formula is C15H19N3O3. The highest BCUT2D eigenvalue weighted by Crippen LogP contribution is 2.29. The fourth-order valence-electron chi connectivity index (χ4n) is 2.09. The lowest BCUT2D eigenvalue weighted by Gasteiger charge is -2.11. The van der Waals surface area contributed by atoms with Gasteiger partial charge in [-0.3, -0.25) is 9.89 Å². The highest BCUT2D eigenvalue weighted by Gasteiger charge is 2.13. The molecule has 6 nitrogen and oxygen atoms in total.